The number of aromatic nitrogens is 2. The Bertz CT molecular complexity index is 606. The van der Waals surface area contributed by atoms with Crippen LogP contribution in [-0.2, 0) is 0 Å². The van der Waals surface area contributed by atoms with Crippen molar-refractivity contribution in [3.05, 3.63) is 11.4 Å². The second-order valence-corrected chi connectivity index (χ2v) is 7.69. The molecule has 0 atom stereocenters. The minimum absolute atomic E-state index is 0.0323. The molecule has 2 amide bonds. The fourth-order valence-corrected chi connectivity index (χ4v) is 3.10. The highest BCUT2D eigenvalue weighted by Gasteiger charge is 2.26. The van der Waals surface area contributed by atoms with Crippen molar-refractivity contribution in [2.24, 2.45) is 0 Å². The third kappa shape index (κ3) is 7.46. The summed E-state index contributed by atoms with van der Waals surface area (Å²) in [6.45, 7) is 10.9. The van der Waals surface area contributed by atoms with Gasteiger partial charge in [0.1, 0.15) is 0 Å². The van der Waals surface area contributed by atoms with E-state index < -0.39 is 0 Å². The molecule has 0 fully saturated rings. The third-order valence-electron chi connectivity index (χ3n) is 5.06. The number of nitrogens with two attached hydrogens (primary N) is 2. The van der Waals surface area contributed by atoms with Crippen LogP contribution in [0.25, 0.3) is 0 Å². The van der Waals surface area contributed by atoms with Crippen molar-refractivity contribution < 1.29 is 9.59 Å². The average molecular weight is 421 g/mol. The largest absolute Gasteiger partial charge is 0.382 e. The van der Waals surface area contributed by atoms with Gasteiger partial charge in [-0.2, -0.15) is 0 Å². The number of hydrogen-bond acceptors (Lipinski definition) is 6. The molecule has 1 aromatic rings. The van der Waals surface area contributed by atoms with Gasteiger partial charge in [0.05, 0.1) is 0 Å². The highest BCUT2D eigenvalue weighted by Crippen LogP contribution is 2.18. The number of hydrogen-bond donors (Lipinski definition) is 2. The van der Waals surface area contributed by atoms with Gasteiger partial charge in [-0.3, -0.25) is 9.59 Å². The first kappa shape index (κ1) is 25.7. The molecular weight excluding hydrogens is 380 g/mol. The summed E-state index contributed by atoms with van der Waals surface area (Å²) in [4.78, 5) is 38.0. The van der Waals surface area contributed by atoms with E-state index >= 15 is 0 Å². The average Bonchev–Trinajstić information content (AvgIpc) is 2.74. The van der Waals surface area contributed by atoms with Crippen molar-refractivity contribution in [3.8, 4) is 0 Å². The van der Waals surface area contributed by atoms with E-state index in [1.54, 1.807) is 9.80 Å². The van der Waals surface area contributed by atoms with Crippen molar-refractivity contribution in [2.45, 2.75) is 79.1 Å². The maximum Gasteiger partial charge on any atom is 0.276 e. The van der Waals surface area contributed by atoms with E-state index in [2.05, 4.69) is 37.7 Å². The molecule has 0 aliphatic heterocycles. The molecule has 1 rings (SSSR count). The van der Waals surface area contributed by atoms with Crippen molar-refractivity contribution in [1.82, 2.24) is 19.8 Å². The summed E-state index contributed by atoms with van der Waals surface area (Å²) in [5.41, 5.74) is 12.2. The molecule has 0 unspecified atom stereocenters. The van der Waals surface area contributed by atoms with Gasteiger partial charge in [-0.15, -0.1) is 0 Å². The SMILES string of the molecule is CCCCN(CCCC)C(=O)c1nc(N)c(C(=O)N(CCCC)CCCC)nc1N. The number of amides is 2. The predicted molar refractivity (Wildman–Crippen MR) is 122 cm³/mol. The molecule has 1 heterocycles. The van der Waals surface area contributed by atoms with Crippen molar-refractivity contribution in [3.63, 3.8) is 0 Å². The molecule has 0 aromatic carbocycles. The molecule has 0 saturated heterocycles. The van der Waals surface area contributed by atoms with Gasteiger partial charge in [-0.25, -0.2) is 9.97 Å². The molecule has 0 saturated carbocycles. The van der Waals surface area contributed by atoms with Gasteiger partial charge >= 0.3 is 0 Å². The van der Waals surface area contributed by atoms with Crippen molar-refractivity contribution >= 4 is 23.5 Å². The smallest absolute Gasteiger partial charge is 0.276 e. The Morgan fingerprint density at radius 1 is 0.633 bits per heavy atom. The quantitative estimate of drug-likeness (QED) is 0.473. The Morgan fingerprint density at radius 2 is 0.900 bits per heavy atom. The van der Waals surface area contributed by atoms with Gasteiger partial charge in [0.2, 0.25) is 0 Å². The maximum atomic E-state index is 13.0. The van der Waals surface area contributed by atoms with Crippen molar-refractivity contribution in [2.75, 3.05) is 37.6 Å². The normalized spacial score (nSPS) is 10.8. The summed E-state index contributed by atoms with van der Waals surface area (Å²) in [5.74, 6) is -0.634. The van der Waals surface area contributed by atoms with Crippen LogP contribution in [0.4, 0.5) is 11.6 Å². The summed E-state index contributed by atoms with van der Waals surface area (Å²) in [6, 6.07) is 0. The monoisotopic (exact) mass is 420 g/mol. The Balaban J connectivity index is 3.13. The van der Waals surface area contributed by atoms with Crippen molar-refractivity contribution in [1.29, 1.82) is 0 Å². The van der Waals surface area contributed by atoms with Gasteiger partial charge in [0.15, 0.2) is 23.0 Å². The van der Waals surface area contributed by atoms with Crippen LogP contribution < -0.4 is 11.5 Å². The standard InChI is InChI=1S/C22H40N6O2/c1-5-9-13-27(14-10-6-2)21(29)17-19(23)26-18(20(24)25-17)22(30)28(15-11-7-3)16-12-8-4/h5-16H2,1-4H3,(H2,24,25)(H2,23,26). The van der Waals surface area contributed by atoms with E-state index in [1.807, 2.05) is 0 Å². The van der Waals surface area contributed by atoms with Crippen LogP contribution in [0.15, 0.2) is 0 Å². The summed E-state index contributed by atoms with van der Waals surface area (Å²) in [5, 5.41) is 0. The third-order valence-corrected chi connectivity index (χ3v) is 5.06. The lowest BCUT2D eigenvalue weighted by molar-refractivity contribution is 0.0731. The fourth-order valence-electron chi connectivity index (χ4n) is 3.10. The van der Waals surface area contributed by atoms with Crippen LogP contribution in [0.1, 0.15) is 100 Å². The molecule has 30 heavy (non-hydrogen) atoms. The van der Waals surface area contributed by atoms with Crippen LogP contribution in [0.2, 0.25) is 0 Å². The van der Waals surface area contributed by atoms with Gasteiger partial charge in [0, 0.05) is 26.2 Å². The van der Waals surface area contributed by atoms with Crippen LogP contribution in [0.3, 0.4) is 0 Å². The second-order valence-electron chi connectivity index (χ2n) is 7.69. The van der Waals surface area contributed by atoms with Gasteiger partial charge < -0.3 is 21.3 Å². The lowest BCUT2D eigenvalue weighted by Gasteiger charge is -2.24. The van der Waals surface area contributed by atoms with E-state index in [0.717, 1.165) is 51.4 Å². The molecule has 0 aliphatic carbocycles. The molecular formula is C22H40N6O2. The molecule has 0 spiro atoms. The van der Waals surface area contributed by atoms with Crippen LogP contribution >= 0.6 is 0 Å². The number of carbonyl (C=O) groups excluding carboxylic acids is 2. The lowest BCUT2D eigenvalue weighted by atomic mass is 10.2. The molecule has 0 bridgehead atoms. The minimum atomic E-state index is -0.276. The molecule has 8 nitrogen and oxygen atoms in total. The van der Waals surface area contributed by atoms with E-state index in [-0.39, 0.29) is 34.8 Å². The van der Waals surface area contributed by atoms with Crippen LogP contribution in [-0.4, -0.2) is 57.8 Å². The molecule has 170 valence electrons. The van der Waals surface area contributed by atoms with Crippen LogP contribution in [0.5, 0.6) is 0 Å². The number of anilines is 2. The van der Waals surface area contributed by atoms with E-state index in [1.165, 1.54) is 0 Å². The van der Waals surface area contributed by atoms with E-state index in [4.69, 9.17) is 11.5 Å². The van der Waals surface area contributed by atoms with E-state index in [9.17, 15) is 9.59 Å². The number of nitrogen functional groups attached to an aromatic ring is 2. The predicted octanol–water partition coefficient (Wildman–Crippen LogP) is 3.73. The highest BCUT2D eigenvalue weighted by molar-refractivity contribution is 6.00. The molecule has 1 aromatic heterocycles. The molecule has 4 N–H and O–H groups in total. The first-order valence-electron chi connectivity index (χ1n) is 11.4. The summed E-state index contributed by atoms with van der Waals surface area (Å²) < 4.78 is 0. The number of carbonyl (C=O) groups is 2. The Morgan fingerprint density at radius 3 is 1.13 bits per heavy atom. The summed E-state index contributed by atoms with van der Waals surface area (Å²) in [7, 11) is 0. The van der Waals surface area contributed by atoms with E-state index in [0.29, 0.717) is 26.2 Å². The Kier molecular flexibility index (Phi) is 11.8. The zero-order chi connectivity index (χ0) is 22.5. The van der Waals surface area contributed by atoms with Gasteiger partial charge in [-0.1, -0.05) is 53.4 Å². The second kappa shape index (κ2) is 13.8. The van der Waals surface area contributed by atoms with Gasteiger partial charge in [-0.05, 0) is 25.7 Å². The fraction of sp³-hybridized carbons (Fsp3) is 0.727. The maximum absolute atomic E-state index is 13.0. The number of rotatable bonds is 14. The Labute approximate surface area is 181 Å². The highest BCUT2D eigenvalue weighted by atomic mass is 16.2. The minimum Gasteiger partial charge on any atom is -0.382 e. The van der Waals surface area contributed by atoms with Gasteiger partial charge in [0.25, 0.3) is 11.8 Å². The number of unbranched alkanes of at least 4 members (excludes halogenated alkanes) is 4. The molecule has 8 heteroatoms. The summed E-state index contributed by atoms with van der Waals surface area (Å²) in [6.07, 6.45) is 7.54. The summed E-state index contributed by atoms with van der Waals surface area (Å²) >= 11 is 0. The lowest BCUT2D eigenvalue weighted by Crippen LogP contribution is -2.36. The molecule has 0 radical (unpaired) electrons. The number of nitrogens with zero attached hydrogens (tertiary/aromatic N) is 4. The Hall–Kier alpha value is -2.38. The van der Waals surface area contributed by atoms with Crippen LogP contribution in [0, 0.1) is 0 Å². The molecule has 0 aliphatic rings. The topological polar surface area (TPSA) is 118 Å². The first-order valence-corrected chi connectivity index (χ1v) is 11.4. The first-order chi connectivity index (χ1) is 14.4. The zero-order valence-electron chi connectivity index (χ0n) is 19.2. The zero-order valence-corrected chi connectivity index (χ0v) is 19.2.